The fraction of sp³-hybridized carbons (Fsp3) is 0.357. The lowest BCUT2D eigenvalue weighted by Crippen LogP contribution is -2.43. The lowest BCUT2D eigenvalue weighted by molar-refractivity contribution is -0.0838. The molecule has 3 heterocycles. The maximum absolute atomic E-state index is 13.9. The highest BCUT2D eigenvalue weighted by atomic mass is 19.2. The number of alkyl halides is 1. The highest BCUT2D eigenvalue weighted by Crippen LogP contribution is 2.44. The molecule has 2 aliphatic heterocycles. The quantitative estimate of drug-likeness (QED) is 0.240. The Morgan fingerprint density at radius 3 is 2.56 bits per heavy atom. The van der Waals surface area contributed by atoms with Crippen LogP contribution in [-0.2, 0) is 21.8 Å². The van der Waals surface area contributed by atoms with Gasteiger partial charge in [0.05, 0.1) is 12.2 Å². The zero-order valence-corrected chi connectivity index (χ0v) is 20.1. The molecule has 1 fully saturated rings. The van der Waals surface area contributed by atoms with E-state index >= 15 is 0 Å². The van der Waals surface area contributed by atoms with E-state index in [0.29, 0.717) is 23.4 Å². The van der Waals surface area contributed by atoms with E-state index in [1.54, 1.807) is 0 Å². The summed E-state index contributed by atoms with van der Waals surface area (Å²) < 4.78 is 46.1. The summed E-state index contributed by atoms with van der Waals surface area (Å²) in [5, 5.41) is 4.01. The van der Waals surface area contributed by atoms with Crippen molar-refractivity contribution in [1.29, 1.82) is 0 Å². The summed E-state index contributed by atoms with van der Waals surface area (Å²) >= 11 is 0. The number of hydrogen-bond acceptors (Lipinski definition) is 5. The Labute approximate surface area is 208 Å². The topological polar surface area (TPSA) is 47.0 Å². The first-order chi connectivity index (χ1) is 17.5. The lowest BCUT2D eigenvalue weighted by Gasteiger charge is -2.41. The van der Waals surface area contributed by atoms with Crippen molar-refractivity contribution in [1.82, 2.24) is 9.88 Å². The van der Waals surface area contributed by atoms with E-state index in [1.807, 2.05) is 42.7 Å². The summed E-state index contributed by atoms with van der Waals surface area (Å²) in [6.07, 6.45) is 5.58. The third-order valence-corrected chi connectivity index (χ3v) is 7.24. The molecule has 0 bridgehead atoms. The van der Waals surface area contributed by atoms with Crippen LogP contribution in [0.15, 0.2) is 66.1 Å². The number of hydrogen-bond donors (Lipinski definition) is 0. The normalized spacial score (nSPS) is 18.3. The minimum absolute atomic E-state index is 0.178. The molecule has 36 heavy (non-hydrogen) atoms. The number of nitrogens with zero attached hydrogens (tertiary/aromatic N) is 3. The van der Waals surface area contributed by atoms with E-state index in [1.165, 1.54) is 17.2 Å². The van der Waals surface area contributed by atoms with Gasteiger partial charge in [-0.3, -0.25) is 9.88 Å². The molecule has 1 aromatic heterocycles. The van der Waals surface area contributed by atoms with E-state index in [9.17, 15) is 13.2 Å². The average molecular weight is 496 g/mol. The Bertz CT molecular complexity index is 1240. The van der Waals surface area contributed by atoms with Gasteiger partial charge in [0.15, 0.2) is 11.6 Å². The Morgan fingerprint density at radius 2 is 1.83 bits per heavy atom. The molecule has 0 aliphatic carbocycles. The first-order valence-corrected chi connectivity index (χ1v) is 12.1. The predicted octanol–water partition coefficient (Wildman–Crippen LogP) is 5.68. The van der Waals surface area contributed by atoms with Crippen LogP contribution in [0.25, 0.3) is 0 Å². The van der Waals surface area contributed by atoms with Gasteiger partial charge in [-0.1, -0.05) is 29.4 Å². The van der Waals surface area contributed by atoms with E-state index in [4.69, 9.17) is 9.57 Å². The summed E-state index contributed by atoms with van der Waals surface area (Å²) in [6.45, 7) is 3.70. The molecule has 3 aromatic rings. The molecule has 2 aliphatic rings. The molecular formula is C28H28F3N3O2. The predicted molar refractivity (Wildman–Crippen MR) is 130 cm³/mol. The third-order valence-electron chi connectivity index (χ3n) is 7.24. The second-order valence-corrected chi connectivity index (χ2v) is 9.24. The van der Waals surface area contributed by atoms with Crippen LogP contribution in [-0.4, -0.2) is 42.0 Å². The van der Waals surface area contributed by atoms with Gasteiger partial charge in [0, 0.05) is 48.2 Å². The number of pyridine rings is 1. The number of likely N-dealkylation sites (tertiary alicyclic amines) is 1. The largest absolute Gasteiger partial charge is 0.392 e. The van der Waals surface area contributed by atoms with E-state index in [0.717, 1.165) is 43.6 Å². The minimum Gasteiger partial charge on any atom is -0.392 e. The van der Waals surface area contributed by atoms with Crippen molar-refractivity contribution in [3.63, 3.8) is 0 Å². The van der Waals surface area contributed by atoms with Gasteiger partial charge in [0.25, 0.3) is 0 Å². The van der Waals surface area contributed by atoms with Crippen LogP contribution in [0.5, 0.6) is 0 Å². The smallest absolute Gasteiger partial charge is 0.159 e. The zero-order chi connectivity index (χ0) is 25.1. The monoisotopic (exact) mass is 495 g/mol. The molecular weight excluding hydrogens is 467 g/mol. The van der Waals surface area contributed by atoms with Crippen molar-refractivity contribution in [2.45, 2.75) is 38.0 Å². The molecule has 1 saturated heterocycles. The van der Waals surface area contributed by atoms with Crippen molar-refractivity contribution in [3.8, 4) is 0 Å². The van der Waals surface area contributed by atoms with E-state index in [2.05, 4.69) is 22.0 Å². The Hall–Kier alpha value is -3.23. The zero-order valence-electron chi connectivity index (χ0n) is 20.1. The molecule has 1 spiro atoms. The molecule has 1 unspecified atom stereocenters. The second-order valence-electron chi connectivity index (χ2n) is 9.24. The van der Waals surface area contributed by atoms with Crippen LogP contribution in [0.2, 0.25) is 0 Å². The Morgan fingerprint density at radius 1 is 1.08 bits per heavy atom. The minimum atomic E-state index is -0.983. The van der Waals surface area contributed by atoms with Crippen LogP contribution in [0.3, 0.4) is 0 Å². The average Bonchev–Trinajstić information content (AvgIpc) is 3.26. The maximum Gasteiger partial charge on any atom is 0.159 e. The Balaban J connectivity index is 1.30. The molecule has 5 rings (SSSR count). The second kappa shape index (κ2) is 10.4. The number of fused-ring (bicyclic) bond motifs is 2. The third kappa shape index (κ3) is 4.75. The summed E-state index contributed by atoms with van der Waals surface area (Å²) in [7, 11) is 0. The number of piperidine rings is 1. The van der Waals surface area contributed by atoms with Crippen molar-refractivity contribution in [2.24, 2.45) is 5.16 Å². The maximum atomic E-state index is 13.9. The van der Waals surface area contributed by atoms with Gasteiger partial charge in [-0.25, -0.2) is 13.2 Å². The van der Waals surface area contributed by atoms with Gasteiger partial charge in [-0.2, -0.15) is 0 Å². The molecule has 2 aromatic carbocycles. The fourth-order valence-electron chi connectivity index (χ4n) is 5.13. The van der Waals surface area contributed by atoms with Crippen LogP contribution >= 0.6 is 0 Å². The van der Waals surface area contributed by atoms with Crippen LogP contribution in [0.1, 0.15) is 53.6 Å². The first-order valence-electron chi connectivity index (χ1n) is 12.1. The van der Waals surface area contributed by atoms with Gasteiger partial charge in [-0.05, 0) is 55.2 Å². The van der Waals surface area contributed by atoms with Crippen LogP contribution in [0.4, 0.5) is 13.2 Å². The number of benzene rings is 2. The highest BCUT2D eigenvalue weighted by molar-refractivity contribution is 6.12. The summed E-state index contributed by atoms with van der Waals surface area (Å²) in [5.41, 5.74) is 4.67. The molecule has 0 radical (unpaired) electrons. The molecule has 1 atom stereocenters. The van der Waals surface area contributed by atoms with Crippen molar-refractivity contribution >= 4 is 5.71 Å². The van der Waals surface area contributed by atoms with Gasteiger partial charge in [0.2, 0.25) is 0 Å². The van der Waals surface area contributed by atoms with E-state index in [-0.39, 0.29) is 18.2 Å². The standard InChI is InChI=1S/C28H28F3N3O2/c1-19(34-13-9-28(10-14-34)24-17-32-12-8-23(24)18-35-28)20-2-4-21(5-3-20)27(33-36-15-11-29)22-6-7-25(30)26(31)16-22/h2-8,12,16-17,19H,9-11,13-15,18H2,1H3/b33-27-. The summed E-state index contributed by atoms with van der Waals surface area (Å²) in [5.74, 6) is -1.93. The summed E-state index contributed by atoms with van der Waals surface area (Å²) in [6, 6.07) is 13.5. The molecule has 0 N–H and O–H groups in total. The number of halogens is 3. The van der Waals surface area contributed by atoms with Gasteiger partial charge in [0.1, 0.15) is 19.0 Å². The van der Waals surface area contributed by atoms with E-state index < -0.39 is 18.3 Å². The van der Waals surface area contributed by atoms with Gasteiger partial charge < -0.3 is 9.57 Å². The number of ether oxygens (including phenoxy) is 1. The lowest BCUT2D eigenvalue weighted by atomic mass is 9.84. The van der Waals surface area contributed by atoms with Gasteiger partial charge in [-0.15, -0.1) is 0 Å². The Kier molecular flexibility index (Phi) is 7.07. The molecule has 5 nitrogen and oxygen atoms in total. The number of aromatic nitrogens is 1. The van der Waals surface area contributed by atoms with Crippen molar-refractivity contribution in [2.75, 3.05) is 26.4 Å². The first kappa shape index (κ1) is 24.5. The molecule has 8 heteroatoms. The fourth-order valence-corrected chi connectivity index (χ4v) is 5.13. The van der Waals surface area contributed by atoms with Crippen LogP contribution in [0, 0.1) is 11.6 Å². The van der Waals surface area contributed by atoms with Crippen molar-refractivity contribution in [3.05, 3.63) is 100 Å². The summed E-state index contributed by atoms with van der Waals surface area (Å²) in [4.78, 5) is 11.8. The number of oxime groups is 1. The number of rotatable bonds is 7. The molecule has 188 valence electrons. The van der Waals surface area contributed by atoms with Crippen LogP contribution < -0.4 is 0 Å². The molecule has 0 amide bonds. The molecule has 0 saturated carbocycles. The SMILES string of the molecule is CC(c1ccc(/C(=N/OCCF)c2ccc(F)c(F)c2)cc1)N1CCC2(CC1)OCc1ccncc12. The van der Waals surface area contributed by atoms with Crippen molar-refractivity contribution < 1.29 is 22.7 Å². The van der Waals surface area contributed by atoms with Gasteiger partial charge >= 0.3 is 0 Å². The highest BCUT2D eigenvalue weighted by Gasteiger charge is 2.43.